The Kier molecular flexibility index (Phi) is 3.38. The first kappa shape index (κ1) is 12.4. The molecular formula is C14H14BrN3O. The molecule has 0 saturated heterocycles. The average molecular weight is 320 g/mol. The van der Waals surface area contributed by atoms with Crippen molar-refractivity contribution in [3.8, 4) is 5.88 Å². The molecule has 1 aromatic heterocycles. The van der Waals surface area contributed by atoms with Gasteiger partial charge in [0.25, 0.3) is 0 Å². The SMILES string of the molecule is Nc1cc(OCc2ccccc2Br)nc(C2CC2)n1. The van der Waals surface area contributed by atoms with Crippen LogP contribution in [-0.4, -0.2) is 9.97 Å². The molecule has 0 aliphatic heterocycles. The Morgan fingerprint density at radius 2 is 2.05 bits per heavy atom. The minimum Gasteiger partial charge on any atom is -0.473 e. The molecule has 2 N–H and O–H groups in total. The molecule has 0 bridgehead atoms. The summed E-state index contributed by atoms with van der Waals surface area (Å²) in [6.45, 7) is 0.460. The summed E-state index contributed by atoms with van der Waals surface area (Å²) in [7, 11) is 0. The number of nitrogens with two attached hydrogens (primary N) is 1. The molecule has 1 fully saturated rings. The number of anilines is 1. The van der Waals surface area contributed by atoms with Crippen molar-refractivity contribution in [1.82, 2.24) is 9.97 Å². The maximum atomic E-state index is 5.78. The van der Waals surface area contributed by atoms with Crippen LogP contribution in [0.4, 0.5) is 5.82 Å². The number of rotatable bonds is 4. The van der Waals surface area contributed by atoms with Crippen molar-refractivity contribution < 1.29 is 4.74 Å². The first-order valence-corrected chi connectivity index (χ1v) is 7.02. The standard InChI is InChI=1S/C14H14BrN3O/c15-11-4-2-1-3-10(11)8-19-13-7-12(16)17-14(18-13)9-5-6-9/h1-4,7,9H,5-6,8H2,(H2,16,17,18). The zero-order valence-corrected chi connectivity index (χ0v) is 11.9. The Bertz CT molecular complexity index is 599. The van der Waals surface area contributed by atoms with Crippen molar-refractivity contribution in [3.63, 3.8) is 0 Å². The number of hydrogen-bond donors (Lipinski definition) is 1. The van der Waals surface area contributed by atoms with Crippen LogP contribution in [0.1, 0.15) is 30.1 Å². The van der Waals surface area contributed by atoms with E-state index in [1.807, 2.05) is 24.3 Å². The number of nitrogens with zero attached hydrogens (tertiary/aromatic N) is 2. The van der Waals surface area contributed by atoms with Crippen LogP contribution in [0.25, 0.3) is 0 Å². The summed E-state index contributed by atoms with van der Waals surface area (Å²) in [6, 6.07) is 9.62. The van der Waals surface area contributed by atoms with Gasteiger partial charge in [-0.25, -0.2) is 4.98 Å². The van der Waals surface area contributed by atoms with Crippen LogP contribution in [-0.2, 0) is 6.61 Å². The van der Waals surface area contributed by atoms with Crippen LogP contribution in [0.3, 0.4) is 0 Å². The molecule has 0 spiro atoms. The minimum atomic E-state index is 0.460. The van der Waals surface area contributed by atoms with Gasteiger partial charge in [-0.2, -0.15) is 4.98 Å². The second kappa shape index (κ2) is 5.17. The van der Waals surface area contributed by atoms with Gasteiger partial charge in [-0.05, 0) is 18.9 Å². The van der Waals surface area contributed by atoms with Gasteiger partial charge in [0.1, 0.15) is 18.2 Å². The number of benzene rings is 1. The molecule has 1 heterocycles. The lowest BCUT2D eigenvalue weighted by molar-refractivity contribution is 0.291. The molecule has 4 nitrogen and oxygen atoms in total. The van der Waals surface area contributed by atoms with E-state index < -0.39 is 0 Å². The number of nitrogen functional groups attached to an aromatic ring is 1. The maximum absolute atomic E-state index is 5.78. The van der Waals surface area contributed by atoms with Crippen LogP contribution >= 0.6 is 15.9 Å². The van der Waals surface area contributed by atoms with Crippen molar-refractivity contribution in [3.05, 3.63) is 46.2 Å². The number of halogens is 1. The largest absolute Gasteiger partial charge is 0.473 e. The molecule has 19 heavy (non-hydrogen) atoms. The summed E-state index contributed by atoms with van der Waals surface area (Å²) in [5.41, 5.74) is 6.86. The summed E-state index contributed by atoms with van der Waals surface area (Å²) in [5, 5.41) is 0. The molecule has 0 radical (unpaired) electrons. The summed E-state index contributed by atoms with van der Waals surface area (Å²) in [6.07, 6.45) is 2.29. The molecule has 1 aliphatic rings. The number of aromatic nitrogens is 2. The molecule has 5 heteroatoms. The van der Waals surface area contributed by atoms with Crippen LogP contribution in [0.2, 0.25) is 0 Å². The monoisotopic (exact) mass is 319 g/mol. The van der Waals surface area contributed by atoms with Gasteiger partial charge >= 0.3 is 0 Å². The summed E-state index contributed by atoms with van der Waals surface area (Å²) < 4.78 is 6.74. The Hall–Kier alpha value is -1.62. The predicted octanol–water partition coefficient (Wildman–Crippen LogP) is 3.28. The Labute approximate surface area is 120 Å². The van der Waals surface area contributed by atoms with Gasteiger partial charge in [0.15, 0.2) is 0 Å². The van der Waals surface area contributed by atoms with E-state index in [0.717, 1.165) is 28.7 Å². The summed E-state index contributed by atoms with van der Waals surface area (Å²) in [5.74, 6) is 2.29. The highest BCUT2D eigenvalue weighted by atomic mass is 79.9. The van der Waals surface area contributed by atoms with Gasteiger partial charge in [-0.3, -0.25) is 0 Å². The van der Waals surface area contributed by atoms with E-state index in [1.54, 1.807) is 6.07 Å². The van der Waals surface area contributed by atoms with Crippen molar-refractivity contribution in [1.29, 1.82) is 0 Å². The zero-order valence-electron chi connectivity index (χ0n) is 10.3. The third kappa shape index (κ3) is 3.04. The van der Waals surface area contributed by atoms with E-state index in [-0.39, 0.29) is 0 Å². The Balaban J connectivity index is 1.74. The second-order valence-electron chi connectivity index (χ2n) is 4.64. The van der Waals surface area contributed by atoms with Crippen LogP contribution < -0.4 is 10.5 Å². The molecule has 3 rings (SSSR count). The van der Waals surface area contributed by atoms with Gasteiger partial charge in [0, 0.05) is 22.0 Å². The highest BCUT2D eigenvalue weighted by Gasteiger charge is 2.27. The average Bonchev–Trinajstić information content (AvgIpc) is 3.21. The minimum absolute atomic E-state index is 0.460. The van der Waals surface area contributed by atoms with Crippen molar-refractivity contribution >= 4 is 21.7 Å². The van der Waals surface area contributed by atoms with E-state index in [1.165, 1.54) is 0 Å². The molecule has 0 amide bonds. The van der Waals surface area contributed by atoms with E-state index in [0.29, 0.717) is 24.2 Å². The van der Waals surface area contributed by atoms with Gasteiger partial charge in [-0.15, -0.1) is 0 Å². The lowest BCUT2D eigenvalue weighted by Gasteiger charge is -2.08. The van der Waals surface area contributed by atoms with Gasteiger partial charge in [0.2, 0.25) is 5.88 Å². The number of hydrogen-bond acceptors (Lipinski definition) is 4. The highest BCUT2D eigenvalue weighted by Crippen LogP contribution is 2.38. The van der Waals surface area contributed by atoms with Crippen LogP contribution in [0, 0.1) is 0 Å². The molecule has 0 unspecified atom stereocenters. The molecular weight excluding hydrogens is 306 g/mol. The van der Waals surface area contributed by atoms with Crippen LogP contribution in [0.5, 0.6) is 5.88 Å². The molecule has 2 aromatic rings. The molecule has 1 aromatic carbocycles. The predicted molar refractivity (Wildman–Crippen MR) is 76.9 cm³/mol. The fourth-order valence-electron chi connectivity index (χ4n) is 1.83. The van der Waals surface area contributed by atoms with Crippen molar-refractivity contribution in [2.24, 2.45) is 0 Å². The fourth-order valence-corrected chi connectivity index (χ4v) is 2.23. The second-order valence-corrected chi connectivity index (χ2v) is 5.50. The zero-order chi connectivity index (χ0) is 13.2. The fraction of sp³-hybridized carbons (Fsp3) is 0.286. The highest BCUT2D eigenvalue weighted by molar-refractivity contribution is 9.10. The lowest BCUT2D eigenvalue weighted by Crippen LogP contribution is -2.03. The Morgan fingerprint density at radius 3 is 2.79 bits per heavy atom. The normalized spacial score (nSPS) is 14.4. The number of ether oxygens (including phenoxy) is 1. The first-order chi connectivity index (χ1) is 9.22. The van der Waals surface area contributed by atoms with E-state index >= 15 is 0 Å². The lowest BCUT2D eigenvalue weighted by atomic mass is 10.2. The van der Waals surface area contributed by atoms with E-state index in [9.17, 15) is 0 Å². The van der Waals surface area contributed by atoms with Crippen LogP contribution in [0.15, 0.2) is 34.8 Å². The smallest absolute Gasteiger partial charge is 0.219 e. The van der Waals surface area contributed by atoms with Crippen molar-refractivity contribution in [2.75, 3.05) is 5.73 Å². The first-order valence-electron chi connectivity index (χ1n) is 6.23. The topological polar surface area (TPSA) is 61.0 Å². The van der Waals surface area contributed by atoms with Gasteiger partial charge in [0.05, 0.1) is 0 Å². The molecule has 98 valence electrons. The molecule has 0 atom stereocenters. The van der Waals surface area contributed by atoms with Crippen molar-refractivity contribution in [2.45, 2.75) is 25.4 Å². The summed E-state index contributed by atoms with van der Waals surface area (Å²) >= 11 is 3.49. The van der Waals surface area contributed by atoms with E-state index in [4.69, 9.17) is 10.5 Å². The Morgan fingerprint density at radius 1 is 1.26 bits per heavy atom. The van der Waals surface area contributed by atoms with Gasteiger partial charge < -0.3 is 10.5 Å². The third-order valence-electron chi connectivity index (χ3n) is 3.02. The quantitative estimate of drug-likeness (QED) is 0.939. The third-order valence-corrected chi connectivity index (χ3v) is 3.79. The summed E-state index contributed by atoms with van der Waals surface area (Å²) in [4.78, 5) is 8.66. The molecule has 1 saturated carbocycles. The molecule has 1 aliphatic carbocycles. The van der Waals surface area contributed by atoms with Gasteiger partial charge in [-0.1, -0.05) is 34.1 Å². The maximum Gasteiger partial charge on any atom is 0.219 e. The van der Waals surface area contributed by atoms with E-state index in [2.05, 4.69) is 25.9 Å².